The summed E-state index contributed by atoms with van der Waals surface area (Å²) in [6.45, 7) is 18.5. The van der Waals surface area contributed by atoms with Gasteiger partial charge in [0, 0.05) is 28.9 Å². The van der Waals surface area contributed by atoms with E-state index in [1.54, 1.807) is 13.0 Å². The molecule has 0 bridgehead atoms. The van der Waals surface area contributed by atoms with E-state index in [4.69, 9.17) is 9.47 Å². The van der Waals surface area contributed by atoms with Gasteiger partial charge >= 0.3 is 11.9 Å². The van der Waals surface area contributed by atoms with E-state index in [0.717, 1.165) is 61.8 Å². The molecule has 7 rings (SSSR count). The second kappa shape index (κ2) is 13.0. The second-order valence-corrected chi connectivity index (χ2v) is 17.0. The van der Waals surface area contributed by atoms with Gasteiger partial charge in [-0.1, -0.05) is 59.1 Å². The smallest absolute Gasteiger partial charge is 0.339 e. The molecule has 0 spiro atoms. The average Bonchev–Trinajstić information content (AvgIpc) is 3.59. The number of allylic oxidation sites excluding steroid dienone is 1. The number of aliphatic hydroxyl groups is 1. The van der Waals surface area contributed by atoms with Crippen molar-refractivity contribution in [3.05, 3.63) is 57.7 Å². The molecule has 2 aromatic rings. The van der Waals surface area contributed by atoms with Crippen LogP contribution < -0.4 is 9.47 Å². The molecule has 8 atom stereocenters. The minimum Gasteiger partial charge on any atom is -0.507 e. The Morgan fingerprint density at radius 2 is 1.47 bits per heavy atom. The number of ether oxygens (including phenoxy) is 2. The largest absolute Gasteiger partial charge is 0.507 e. The van der Waals surface area contributed by atoms with Crippen molar-refractivity contribution in [2.24, 2.45) is 23.2 Å². The maximum atomic E-state index is 11.9. The van der Waals surface area contributed by atoms with E-state index in [-0.39, 0.29) is 51.4 Å². The quantitative estimate of drug-likeness (QED) is 0.127. The fourth-order valence-electron chi connectivity index (χ4n) is 10.7. The lowest BCUT2D eigenvalue weighted by Crippen LogP contribution is -2.59. The van der Waals surface area contributed by atoms with Gasteiger partial charge in [0.15, 0.2) is 0 Å². The van der Waals surface area contributed by atoms with Gasteiger partial charge in [-0.15, -0.1) is 0 Å². The van der Waals surface area contributed by atoms with Crippen LogP contribution in [-0.4, -0.2) is 54.8 Å². The summed E-state index contributed by atoms with van der Waals surface area (Å²) in [5, 5.41) is 52.0. The Morgan fingerprint density at radius 3 is 2.06 bits per heavy atom. The number of aromatic hydroxyl groups is 2. The zero-order valence-electron chi connectivity index (χ0n) is 31.3. The summed E-state index contributed by atoms with van der Waals surface area (Å²) in [7, 11) is 0. The predicted molar refractivity (Wildman–Crippen MR) is 194 cm³/mol. The molecule has 5 N–H and O–H groups in total. The first-order chi connectivity index (χ1) is 23.9. The summed E-state index contributed by atoms with van der Waals surface area (Å²) in [4.78, 5) is 23.7. The monoisotopic (exact) mass is 704 g/mol. The highest BCUT2D eigenvalue weighted by atomic mass is 16.5. The van der Waals surface area contributed by atoms with E-state index in [1.807, 2.05) is 19.9 Å². The first-order valence-electron chi connectivity index (χ1n) is 18.9. The number of rotatable bonds is 9. The Labute approximate surface area is 301 Å². The number of carboxylic acids is 2. The van der Waals surface area contributed by atoms with Crippen molar-refractivity contribution in [1.29, 1.82) is 0 Å². The van der Waals surface area contributed by atoms with Crippen LogP contribution in [0.15, 0.2) is 24.3 Å². The van der Waals surface area contributed by atoms with Gasteiger partial charge in [0.05, 0.1) is 5.60 Å². The van der Waals surface area contributed by atoms with Gasteiger partial charge in [0.2, 0.25) is 0 Å². The molecule has 0 saturated heterocycles. The lowest BCUT2D eigenvalue weighted by molar-refractivity contribution is -0.121. The molecule has 2 aliphatic heterocycles. The van der Waals surface area contributed by atoms with Gasteiger partial charge in [-0.25, -0.2) is 9.59 Å². The van der Waals surface area contributed by atoms with Gasteiger partial charge in [0.1, 0.15) is 45.8 Å². The first kappa shape index (κ1) is 37.1. The lowest BCUT2D eigenvalue weighted by Gasteiger charge is -2.62. The van der Waals surface area contributed by atoms with E-state index >= 15 is 0 Å². The van der Waals surface area contributed by atoms with Crippen molar-refractivity contribution < 1.29 is 44.6 Å². The molecule has 0 amide bonds. The Kier molecular flexibility index (Phi) is 9.48. The SMILES string of the molecule is C=C(C)[C@@H]1CC[C@](C)(O)[C@H]2Oc3cc(CCC)c(C(=O)O)c(O)c3[C@@H]12.CCCCCc1cc2c(c(O)c1C(=O)O)[C@@H]1[C@H]3C(CC[C@@]3(C)O2)C1(C)C. The van der Waals surface area contributed by atoms with Gasteiger partial charge < -0.3 is 35.0 Å². The normalized spacial score (nSPS) is 31.7. The number of aromatic carboxylic acids is 2. The average molecular weight is 705 g/mol. The molecule has 9 heteroatoms. The summed E-state index contributed by atoms with van der Waals surface area (Å²) in [6.07, 6.45) is 7.99. The Hall–Kier alpha value is -3.72. The summed E-state index contributed by atoms with van der Waals surface area (Å²) in [6, 6.07) is 3.64. The first-order valence-corrected chi connectivity index (χ1v) is 18.9. The molecule has 51 heavy (non-hydrogen) atoms. The van der Waals surface area contributed by atoms with Crippen LogP contribution in [-0.2, 0) is 12.8 Å². The standard InChI is InChI=1S/C22H30O4.C20H26O5/c1-5-6-7-8-12-11-14-16(19(23)15(12)20(24)25)18-17-13(21(18,2)3)9-10-22(17,4)26-14;1-5-6-11-9-13-16(17(21)14(11)19(22)23)15-12(10(2)3)7-8-20(4,24)18(15)25-13/h11,13,17-18,23H,5-10H2,1-4H3,(H,24,25);9,12,15,18,21,24H,2,5-8H2,1,3-4H3,(H,22,23)/t13?,17-,18-,22-;12-,15+,18-,20-/m10/s1. The van der Waals surface area contributed by atoms with E-state index in [2.05, 4.69) is 34.3 Å². The number of phenols is 2. The van der Waals surface area contributed by atoms with Crippen LogP contribution in [0, 0.1) is 23.2 Å². The van der Waals surface area contributed by atoms with Crippen LogP contribution in [0.3, 0.4) is 0 Å². The fraction of sp³-hybridized carbons (Fsp3) is 0.619. The van der Waals surface area contributed by atoms with Crippen LogP contribution in [0.4, 0.5) is 0 Å². The molecule has 5 aliphatic rings. The second-order valence-electron chi connectivity index (χ2n) is 17.0. The Bertz CT molecular complexity index is 1760. The van der Waals surface area contributed by atoms with E-state index in [1.165, 1.54) is 0 Å². The van der Waals surface area contributed by atoms with Crippen LogP contribution in [0.5, 0.6) is 23.0 Å². The van der Waals surface area contributed by atoms with Crippen LogP contribution in [0.2, 0.25) is 0 Å². The molecule has 0 aromatic heterocycles. The molecule has 1 unspecified atom stereocenters. The van der Waals surface area contributed by atoms with E-state index in [9.17, 15) is 35.1 Å². The summed E-state index contributed by atoms with van der Waals surface area (Å²) in [5.41, 5.74) is 2.37. The third kappa shape index (κ3) is 5.78. The highest BCUT2D eigenvalue weighted by Crippen LogP contribution is 2.74. The molecule has 278 valence electrons. The van der Waals surface area contributed by atoms with Crippen molar-refractivity contribution in [2.45, 2.75) is 142 Å². The molecule has 9 nitrogen and oxygen atoms in total. The van der Waals surface area contributed by atoms with Crippen molar-refractivity contribution in [1.82, 2.24) is 0 Å². The zero-order valence-corrected chi connectivity index (χ0v) is 31.3. The molecule has 0 radical (unpaired) electrons. The maximum absolute atomic E-state index is 11.9. The van der Waals surface area contributed by atoms with E-state index in [0.29, 0.717) is 53.5 Å². The molecular formula is C42H56O9. The fourth-order valence-corrected chi connectivity index (χ4v) is 10.7. The third-order valence-corrected chi connectivity index (χ3v) is 13.2. The number of benzene rings is 2. The zero-order chi connectivity index (χ0) is 37.4. The van der Waals surface area contributed by atoms with Gasteiger partial charge in [-0.05, 0) is 106 Å². The molecule has 2 aromatic carbocycles. The molecule has 2 heterocycles. The van der Waals surface area contributed by atoms with Crippen molar-refractivity contribution in [3.63, 3.8) is 0 Å². The number of aryl methyl sites for hydroxylation is 2. The minimum atomic E-state index is -1.14. The van der Waals surface area contributed by atoms with Gasteiger partial charge in [-0.2, -0.15) is 0 Å². The number of carboxylic acid groups (broad SMARTS) is 2. The lowest BCUT2D eigenvalue weighted by atomic mass is 9.45. The highest BCUT2D eigenvalue weighted by molar-refractivity contribution is 5.95. The maximum Gasteiger partial charge on any atom is 0.339 e. The number of hydrogen-bond acceptors (Lipinski definition) is 7. The molecule has 3 saturated carbocycles. The number of fused-ring (bicyclic) bond motifs is 5. The minimum absolute atomic E-state index is 0.0380. The number of carbonyl (C=O) groups is 2. The van der Waals surface area contributed by atoms with Crippen molar-refractivity contribution in [3.8, 4) is 23.0 Å². The number of unbranched alkanes of at least 4 members (excludes halogenated alkanes) is 2. The molecule has 3 aliphatic carbocycles. The van der Waals surface area contributed by atoms with Crippen molar-refractivity contribution >= 4 is 11.9 Å². The summed E-state index contributed by atoms with van der Waals surface area (Å²) in [5.74, 6) is -0.340. The van der Waals surface area contributed by atoms with Crippen LogP contribution >= 0.6 is 0 Å². The van der Waals surface area contributed by atoms with E-state index < -0.39 is 23.6 Å². The Morgan fingerprint density at radius 1 is 0.863 bits per heavy atom. The van der Waals surface area contributed by atoms with Gasteiger partial charge in [-0.3, -0.25) is 0 Å². The highest BCUT2D eigenvalue weighted by Gasteiger charge is 2.69. The van der Waals surface area contributed by atoms with Crippen LogP contribution in [0.25, 0.3) is 0 Å². The Balaban J connectivity index is 0.000000176. The van der Waals surface area contributed by atoms with Crippen LogP contribution in [0.1, 0.15) is 155 Å². The summed E-state index contributed by atoms with van der Waals surface area (Å²) >= 11 is 0. The third-order valence-electron chi connectivity index (χ3n) is 13.2. The molecule has 3 fully saturated rings. The molecular weight excluding hydrogens is 648 g/mol. The predicted octanol–water partition coefficient (Wildman–Crippen LogP) is 8.75. The van der Waals surface area contributed by atoms with Gasteiger partial charge in [0.25, 0.3) is 0 Å². The number of hydrogen-bond donors (Lipinski definition) is 5. The van der Waals surface area contributed by atoms with Crippen molar-refractivity contribution in [2.75, 3.05) is 0 Å². The topological polar surface area (TPSA) is 154 Å². The summed E-state index contributed by atoms with van der Waals surface area (Å²) < 4.78 is 12.5.